The molecule has 3 rings (SSSR count). The van der Waals surface area contributed by atoms with Crippen LogP contribution in [0.25, 0.3) is 11.0 Å². The van der Waals surface area contributed by atoms with Gasteiger partial charge in [-0.3, -0.25) is 9.48 Å². The summed E-state index contributed by atoms with van der Waals surface area (Å²) < 4.78 is 7.68. The Labute approximate surface area is 140 Å². The molecule has 0 saturated heterocycles. The van der Waals surface area contributed by atoms with Crippen LogP contribution in [0.3, 0.4) is 0 Å². The fraction of sp³-hybridized carbons (Fsp3) is 0.389. The fourth-order valence-corrected chi connectivity index (χ4v) is 2.83. The predicted octanol–water partition coefficient (Wildman–Crippen LogP) is 3.24. The first-order valence-electron chi connectivity index (χ1n) is 8.16. The number of fused-ring (bicyclic) bond motifs is 1. The van der Waals surface area contributed by atoms with Gasteiger partial charge in [-0.05, 0) is 18.9 Å². The first-order valence-corrected chi connectivity index (χ1v) is 8.16. The minimum atomic E-state index is -0.152. The van der Waals surface area contributed by atoms with E-state index in [-0.39, 0.29) is 17.9 Å². The van der Waals surface area contributed by atoms with Crippen molar-refractivity contribution in [1.29, 1.82) is 0 Å². The van der Waals surface area contributed by atoms with E-state index in [2.05, 4.69) is 29.2 Å². The molecule has 126 valence electrons. The molecule has 6 heteroatoms. The Balaban J connectivity index is 1.76. The van der Waals surface area contributed by atoms with Gasteiger partial charge in [0, 0.05) is 17.4 Å². The highest BCUT2D eigenvalue weighted by Gasteiger charge is 2.24. The van der Waals surface area contributed by atoms with Crippen LogP contribution >= 0.6 is 0 Å². The molecule has 0 aliphatic carbocycles. The number of hydrogen-bond donors (Lipinski definition) is 1. The maximum absolute atomic E-state index is 12.3. The molecule has 3 aromatic rings. The zero-order valence-electron chi connectivity index (χ0n) is 14.2. The zero-order valence-corrected chi connectivity index (χ0v) is 14.2. The highest BCUT2D eigenvalue weighted by atomic mass is 16.3. The molecule has 1 amide bonds. The number of nitrogens with one attached hydrogen (secondary N) is 1. The van der Waals surface area contributed by atoms with Crippen LogP contribution in [0.15, 0.2) is 41.3 Å². The second-order valence-corrected chi connectivity index (χ2v) is 6.29. The van der Waals surface area contributed by atoms with E-state index < -0.39 is 0 Å². The molecule has 2 heterocycles. The van der Waals surface area contributed by atoms with E-state index in [0.29, 0.717) is 13.0 Å². The van der Waals surface area contributed by atoms with E-state index in [4.69, 9.17) is 4.42 Å². The Kier molecular flexibility index (Phi) is 4.64. The Bertz CT molecular complexity index is 821. The number of nitrogens with zero attached hydrogens (tertiary/aromatic N) is 3. The summed E-state index contributed by atoms with van der Waals surface area (Å²) in [6.45, 7) is 6.71. The van der Waals surface area contributed by atoms with Crippen LogP contribution in [-0.2, 0) is 11.3 Å². The number of furan rings is 1. The largest absolute Gasteiger partial charge is 0.459 e. The molecule has 0 unspecified atom stereocenters. The second-order valence-electron chi connectivity index (χ2n) is 6.29. The van der Waals surface area contributed by atoms with Crippen LogP contribution < -0.4 is 5.32 Å². The molecule has 0 spiro atoms. The Morgan fingerprint density at radius 3 is 2.79 bits per heavy atom. The number of hydrogen-bond acceptors (Lipinski definition) is 4. The van der Waals surface area contributed by atoms with Crippen LogP contribution in [0.2, 0.25) is 0 Å². The summed E-state index contributed by atoms with van der Waals surface area (Å²) in [6, 6.07) is 7.80. The van der Waals surface area contributed by atoms with Gasteiger partial charge in [-0.25, -0.2) is 4.98 Å². The van der Waals surface area contributed by atoms with Crippen molar-refractivity contribution in [3.05, 3.63) is 48.2 Å². The molecule has 0 saturated carbocycles. The smallest absolute Gasteiger partial charge is 0.222 e. The highest BCUT2D eigenvalue weighted by molar-refractivity contribution is 5.82. The van der Waals surface area contributed by atoms with Gasteiger partial charge in [0.2, 0.25) is 5.91 Å². The molecule has 1 N–H and O–H groups in total. The number of carbonyl (C=O) groups excluding carboxylic acids is 1. The lowest BCUT2D eigenvalue weighted by molar-refractivity contribution is -0.122. The number of benzene rings is 1. The third kappa shape index (κ3) is 3.32. The third-order valence-corrected chi connectivity index (χ3v) is 4.18. The van der Waals surface area contributed by atoms with Gasteiger partial charge in [0.25, 0.3) is 0 Å². The lowest BCUT2D eigenvalue weighted by Gasteiger charge is -2.21. The summed E-state index contributed by atoms with van der Waals surface area (Å²) in [5, 5.41) is 8.21. The van der Waals surface area contributed by atoms with Gasteiger partial charge in [-0.15, -0.1) is 0 Å². The third-order valence-electron chi connectivity index (χ3n) is 4.18. The molecule has 0 radical (unpaired) electrons. The molecule has 0 fully saturated rings. The number of carbonyl (C=O) groups is 1. The molecule has 0 aliphatic rings. The van der Waals surface area contributed by atoms with E-state index in [9.17, 15) is 4.79 Å². The van der Waals surface area contributed by atoms with Gasteiger partial charge < -0.3 is 9.73 Å². The highest BCUT2D eigenvalue weighted by Crippen LogP contribution is 2.32. The van der Waals surface area contributed by atoms with Crippen molar-refractivity contribution >= 4 is 16.9 Å². The quantitative estimate of drug-likeness (QED) is 0.755. The van der Waals surface area contributed by atoms with Crippen LogP contribution in [0, 0.1) is 12.8 Å². The van der Waals surface area contributed by atoms with Crippen molar-refractivity contribution in [2.75, 3.05) is 0 Å². The first kappa shape index (κ1) is 16.2. The van der Waals surface area contributed by atoms with Crippen molar-refractivity contribution in [3.8, 4) is 0 Å². The predicted molar refractivity (Wildman–Crippen MR) is 91.3 cm³/mol. The Morgan fingerprint density at radius 1 is 1.33 bits per heavy atom. The Hall–Kier alpha value is -2.63. The van der Waals surface area contributed by atoms with Gasteiger partial charge in [0.15, 0.2) is 0 Å². The molecule has 1 aromatic carbocycles. The lowest BCUT2D eigenvalue weighted by Crippen LogP contribution is -2.32. The van der Waals surface area contributed by atoms with Crippen molar-refractivity contribution in [2.45, 2.75) is 39.8 Å². The molecule has 0 aliphatic heterocycles. The summed E-state index contributed by atoms with van der Waals surface area (Å²) in [5.74, 6) is 1.03. The average molecular weight is 326 g/mol. The number of rotatable bonds is 6. The molecule has 1 atom stereocenters. The van der Waals surface area contributed by atoms with E-state index >= 15 is 0 Å². The summed E-state index contributed by atoms with van der Waals surface area (Å²) in [4.78, 5) is 16.2. The minimum Gasteiger partial charge on any atom is -0.459 e. The van der Waals surface area contributed by atoms with E-state index in [1.54, 1.807) is 11.0 Å². The molecule has 2 aromatic heterocycles. The van der Waals surface area contributed by atoms with Crippen LogP contribution in [0.4, 0.5) is 0 Å². The van der Waals surface area contributed by atoms with Crippen molar-refractivity contribution < 1.29 is 9.21 Å². The molecular weight excluding hydrogens is 304 g/mol. The van der Waals surface area contributed by atoms with Gasteiger partial charge in [-0.1, -0.05) is 32.0 Å². The lowest BCUT2D eigenvalue weighted by atomic mass is 9.98. The number of para-hydroxylation sites is 1. The maximum atomic E-state index is 12.3. The molecule has 0 bridgehead atoms. The SMILES string of the molecule is Cc1c([C@@H](NC(=O)CCn2cncn2)C(C)C)oc2ccccc12. The number of aromatic nitrogens is 3. The second kappa shape index (κ2) is 6.86. The average Bonchev–Trinajstić information content (AvgIpc) is 3.19. The normalized spacial score (nSPS) is 12.7. The van der Waals surface area contributed by atoms with Crippen molar-refractivity contribution in [3.63, 3.8) is 0 Å². The van der Waals surface area contributed by atoms with E-state index in [1.807, 2.05) is 31.2 Å². The molecular formula is C18H22N4O2. The monoisotopic (exact) mass is 326 g/mol. The number of aryl methyl sites for hydroxylation is 2. The van der Waals surface area contributed by atoms with Gasteiger partial charge in [0.1, 0.15) is 24.0 Å². The zero-order chi connectivity index (χ0) is 17.1. The van der Waals surface area contributed by atoms with Crippen LogP contribution in [0.5, 0.6) is 0 Å². The van der Waals surface area contributed by atoms with Crippen LogP contribution in [-0.4, -0.2) is 20.7 Å². The number of amides is 1. The van der Waals surface area contributed by atoms with E-state index in [0.717, 1.165) is 22.3 Å². The van der Waals surface area contributed by atoms with Gasteiger partial charge in [0.05, 0.1) is 12.6 Å². The van der Waals surface area contributed by atoms with E-state index in [1.165, 1.54) is 6.33 Å². The van der Waals surface area contributed by atoms with Gasteiger partial charge in [-0.2, -0.15) is 5.10 Å². The molecule has 6 nitrogen and oxygen atoms in total. The van der Waals surface area contributed by atoms with Crippen molar-refractivity contribution in [1.82, 2.24) is 20.1 Å². The molecule has 24 heavy (non-hydrogen) atoms. The maximum Gasteiger partial charge on any atom is 0.222 e. The summed E-state index contributed by atoms with van der Waals surface area (Å²) in [7, 11) is 0. The summed E-state index contributed by atoms with van der Waals surface area (Å²) in [5.41, 5.74) is 1.94. The van der Waals surface area contributed by atoms with Crippen molar-refractivity contribution in [2.24, 2.45) is 5.92 Å². The first-order chi connectivity index (χ1) is 11.6. The fourth-order valence-electron chi connectivity index (χ4n) is 2.83. The van der Waals surface area contributed by atoms with Crippen LogP contribution in [0.1, 0.15) is 37.6 Å². The topological polar surface area (TPSA) is 73.0 Å². The minimum absolute atomic E-state index is 0.0240. The summed E-state index contributed by atoms with van der Waals surface area (Å²) >= 11 is 0. The standard InChI is InChI=1S/C18H22N4O2/c1-12(2)17(21-16(23)8-9-22-11-19-10-20-22)18-13(3)14-6-4-5-7-15(14)24-18/h4-7,10-12,17H,8-9H2,1-3H3,(H,21,23)/t17-/m0/s1. The Morgan fingerprint density at radius 2 is 2.12 bits per heavy atom. The summed E-state index contributed by atoms with van der Waals surface area (Å²) in [6.07, 6.45) is 3.43. The van der Waals surface area contributed by atoms with Gasteiger partial charge >= 0.3 is 0 Å².